The van der Waals surface area contributed by atoms with Crippen molar-refractivity contribution >= 4 is 34.3 Å². The van der Waals surface area contributed by atoms with Crippen molar-refractivity contribution in [1.82, 2.24) is 9.97 Å². The van der Waals surface area contributed by atoms with Gasteiger partial charge in [0.25, 0.3) is 0 Å². The molecule has 0 spiro atoms. The quantitative estimate of drug-likeness (QED) is 0.275. The Labute approximate surface area is 196 Å². The second kappa shape index (κ2) is 12.8. The fourth-order valence-corrected chi connectivity index (χ4v) is 3.75. The number of aliphatic hydroxyl groups excluding tert-OH is 1. The molecule has 182 valence electrons. The minimum atomic E-state index is -4.39. The van der Waals surface area contributed by atoms with Crippen LogP contribution in [0, 0.1) is 12.8 Å². The van der Waals surface area contributed by atoms with E-state index in [1.165, 1.54) is 11.8 Å². The molecule has 0 aliphatic carbocycles. The largest absolute Gasteiger partial charge is 0.405 e. The van der Waals surface area contributed by atoms with Gasteiger partial charge in [-0.25, -0.2) is 9.98 Å². The summed E-state index contributed by atoms with van der Waals surface area (Å²) in [6.45, 7) is 3.42. The van der Waals surface area contributed by atoms with Crippen molar-refractivity contribution in [2.45, 2.75) is 39.4 Å². The third-order valence-electron chi connectivity index (χ3n) is 5.00. The SMILES string of the molecule is CCC(CO)CCNc1nc(NCC(F)(F)F)nc(C)c1C(=Nc1cccc(CN)c1)SC. The van der Waals surface area contributed by atoms with Crippen molar-refractivity contribution in [3.63, 3.8) is 0 Å². The van der Waals surface area contributed by atoms with Gasteiger partial charge in [0.1, 0.15) is 17.4 Å². The topological polar surface area (TPSA) is 108 Å². The number of nitrogens with zero attached hydrogens (tertiary/aromatic N) is 3. The number of aliphatic imine (C=N–C) groups is 1. The number of rotatable bonds is 11. The number of aryl methyl sites for hydroxylation is 1. The molecule has 0 fully saturated rings. The lowest BCUT2D eigenvalue weighted by molar-refractivity contribution is -0.115. The molecule has 0 saturated heterocycles. The predicted octanol–water partition coefficient (Wildman–Crippen LogP) is 4.48. The molecule has 2 rings (SSSR count). The van der Waals surface area contributed by atoms with Gasteiger partial charge in [-0.05, 0) is 43.2 Å². The lowest BCUT2D eigenvalue weighted by Crippen LogP contribution is -2.23. The summed E-state index contributed by atoms with van der Waals surface area (Å²) >= 11 is 1.39. The minimum absolute atomic E-state index is 0.0707. The number of nitrogens with one attached hydrogen (secondary N) is 2. The molecule has 0 aliphatic heterocycles. The van der Waals surface area contributed by atoms with Gasteiger partial charge >= 0.3 is 6.18 Å². The van der Waals surface area contributed by atoms with Gasteiger partial charge < -0.3 is 21.5 Å². The molecule has 1 atom stereocenters. The molecule has 1 heterocycles. The van der Waals surface area contributed by atoms with Crippen LogP contribution < -0.4 is 16.4 Å². The Hall–Kier alpha value is -2.37. The number of hydrogen-bond acceptors (Lipinski definition) is 8. The third-order valence-corrected chi connectivity index (χ3v) is 5.68. The molecule has 7 nitrogen and oxygen atoms in total. The first kappa shape index (κ1) is 26.9. The van der Waals surface area contributed by atoms with E-state index < -0.39 is 12.7 Å². The van der Waals surface area contributed by atoms with Crippen LogP contribution in [0.5, 0.6) is 0 Å². The van der Waals surface area contributed by atoms with Gasteiger partial charge in [-0.3, -0.25) is 0 Å². The molecule has 1 unspecified atom stereocenters. The lowest BCUT2D eigenvalue weighted by Gasteiger charge is -2.18. The molecular weight excluding hydrogens is 453 g/mol. The summed E-state index contributed by atoms with van der Waals surface area (Å²) in [4.78, 5) is 13.3. The maximum atomic E-state index is 12.7. The van der Waals surface area contributed by atoms with Crippen molar-refractivity contribution in [3.05, 3.63) is 41.1 Å². The van der Waals surface area contributed by atoms with Crippen LogP contribution in [-0.2, 0) is 6.54 Å². The average molecular weight is 485 g/mol. The number of thioether (sulfide) groups is 1. The minimum Gasteiger partial charge on any atom is -0.396 e. The number of alkyl halides is 3. The van der Waals surface area contributed by atoms with Crippen LogP contribution >= 0.6 is 11.8 Å². The van der Waals surface area contributed by atoms with E-state index in [1.54, 1.807) is 6.92 Å². The summed E-state index contributed by atoms with van der Waals surface area (Å²) in [6.07, 6.45) is -1.02. The van der Waals surface area contributed by atoms with E-state index in [4.69, 9.17) is 10.7 Å². The molecule has 0 saturated carbocycles. The standard InChI is InChI=1S/C22H31F3N6OS/c1-4-15(12-32)8-9-27-19-18(14(2)29-21(31-19)28-13-22(23,24)25)20(33-3)30-17-7-5-6-16(10-17)11-26/h5-7,10,15,32H,4,8-9,11-13,26H2,1-3H3,(H2,27,28,29,31). The molecule has 11 heteroatoms. The Kier molecular flexibility index (Phi) is 10.4. The summed E-state index contributed by atoms with van der Waals surface area (Å²) in [7, 11) is 0. The number of nitrogens with two attached hydrogens (primary N) is 1. The zero-order chi connectivity index (χ0) is 24.4. The summed E-state index contributed by atoms with van der Waals surface area (Å²) in [5.74, 6) is 0.401. The zero-order valence-electron chi connectivity index (χ0n) is 19.0. The third kappa shape index (κ3) is 8.49. The second-order valence-electron chi connectivity index (χ2n) is 7.49. The van der Waals surface area contributed by atoms with Crippen LogP contribution in [0.4, 0.5) is 30.6 Å². The molecule has 1 aromatic heterocycles. The maximum Gasteiger partial charge on any atom is 0.405 e. The van der Waals surface area contributed by atoms with Gasteiger partial charge in [0.05, 0.1) is 16.9 Å². The molecule has 33 heavy (non-hydrogen) atoms. The van der Waals surface area contributed by atoms with Crippen molar-refractivity contribution in [1.29, 1.82) is 0 Å². The summed E-state index contributed by atoms with van der Waals surface area (Å²) < 4.78 is 38.1. The molecule has 0 bridgehead atoms. The van der Waals surface area contributed by atoms with E-state index in [2.05, 4.69) is 20.6 Å². The lowest BCUT2D eigenvalue weighted by atomic mass is 10.0. The van der Waals surface area contributed by atoms with Crippen molar-refractivity contribution in [2.75, 3.05) is 36.6 Å². The van der Waals surface area contributed by atoms with Crippen molar-refractivity contribution < 1.29 is 18.3 Å². The monoisotopic (exact) mass is 484 g/mol. The predicted molar refractivity (Wildman–Crippen MR) is 129 cm³/mol. The average Bonchev–Trinajstić information content (AvgIpc) is 2.79. The summed E-state index contributed by atoms with van der Waals surface area (Å²) in [5.41, 5.74) is 8.49. The maximum absolute atomic E-state index is 12.7. The van der Waals surface area contributed by atoms with Crippen molar-refractivity contribution in [2.24, 2.45) is 16.6 Å². The van der Waals surface area contributed by atoms with Crippen LogP contribution in [0.2, 0.25) is 0 Å². The number of halogens is 3. The fraction of sp³-hybridized carbons (Fsp3) is 0.500. The van der Waals surface area contributed by atoms with Crippen LogP contribution in [-0.4, -0.2) is 52.2 Å². The molecule has 5 N–H and O–H groups in total. The highest BCUT2D eigenvalue weighted by Gasteiger charge is 2.27. The van der Waals surface area contributed by atoms with Gasteiger partial charge in [-0.2, -0.15) is 18.2 Å². The van der Waals surface area contributed by atoms with Crippen LogP contribution in [0.3, 0.4) is 0 Å². The highest BCUT2D eigenvalue weighted by Crippen LogP contribution is 2.27. The van der Waals surface area contributed by atoms with Gasteiger partial charge in [-0.15, -0.1) is 11.8 Å². The first-order valence-electron chi connectivity index (χ1n) is 10.7. The normalized spacial score (nSPS) is 13.2. The summed E-state index contributed by atoms with van der Waals surface area (Å²) in [5, 5.41) is 15.5. The highest BCUT2D eigenvalue weighted by molar-refractivity contribution is 8.13. The van der Waals surface area contributed by atoms with Gasteiger partial charge in [0.15, 0.2) is 0 Å². The fourth-order valence-electron chi connectivity index (χ4n) is 3.11. The zero-order valence-corrected chi connectivity index (χ0v) is 19.9. The number of aromatic nitrogens is 2. The highest BCUT2D eigenvalue weighted by atomic mass is 32.2. The van der Waals surface area contributed by atoms with E-state index in [9.17, 15) is 18.3 Å². The molecule has 2 aromatic rings. The van der Waals surface area contributed by atoms with Gasteiger partial charge in [-0.1, -0.05) is 25.5 Å². The van der Waals surface area contributed by atoms with Gasteiger partial charge in [0.2, 0.25) is 5.95 Å². The van der Waals surface area contributed by atoms with E-state index >= 15 is 0 Å². The Bertz CT molecular complexity index is 935. The Morgan fingerprint density at radius 3 is 2.64 bits per heavy atom. The Morgan fingerprint density at radius 2 is 2.03 bits per heavy atom. The number of benzene rings is 1. The van der Waals surface area contributed by atoms with E-state index in [0.717, 1.165) is 12.0 Å². The Morgan fingerprint density at radius 1 is 1.27 bits per heavy atom. The van der Waals surface area contributed by atoms with E-state index in [1.807, 2.05) is 37.4 Å². The smallest absolute Gasteiger partial charge is 0.396 e. The molecular formula is C22H31F3N6OS. The first-order valence-corrected chi connectivity index (χ1v) is 11.9. The van der Waals surface area contributed by atoms with Crippen LogP contribution in [0.25, 0.3) is 0 Å². The van der Waals surface area contributed by atoms with Crippen LogP contribution in [0.1, 0.15) is 36.6 Å². The number of aliphatic hydroxyl groups is 1. The number of anilines is 2. The van der Waals surface area contributed by atoms with Gasteiger partial charge in [0, 0.05) is 19.7 Å². The van der Waals surface area contributed by atoms with Crippen molar-refractivity contribution in [3.8, 4) is 0 Å². The summed E-state index contributed by atoms with van der Waals surface area (Å²) in [6, 6.07) is 7.51. The van der Waals surface area contributed by atoms with E-state index in [0.29, 0.717) is 47.3 Å². The molecule has 0 radical (unpaired) electrons. The molecule has 0 amide bonds. The number of hydrogen-bond donors (Lipinski definition) is 4. The first-order chi connectivity index (χ1) is 15.7. The molecule has 1 aromatic carbocycles. The Balaban J connectivity index is 2.44. The van der Waals surface area contributed by atoms with Crippen LogP contribution in [0.15, 0.2) is 29.3 Å². The molecule has 0 aliphatic rings. The van der Waals surface area contributed by atoms with E-state index in [-0.39, 0.29) is 18.5 Å². The second-order valence-corrected chi connectivity index (χ2v) is 8.29.